The fraction of sp³-hybridized carbons (Fsp3) is 0.421. The molecule has 3 atom stereocenters. The van der Waals surface area contributed by atoms with Crippen LogP contribution in [0.2, 0.25) is 0 Å². The number of carbonyl (C=O) groups is 3. The van der Waals surface area contributed by atoms with Gasteiger partial charge in [-0.2, -0.15) is 0 Å². The Bertz CT molecular complexity index is 681. The molecule has 1 heterocycles. The lowest BCUT2D eigenvalue weighted by atomic mass is 10.0. The van der Waals surface area contributed by atoms with Crippen molar-refractivity contribution in [1.29, 1.82) is 0 Å². The molecule has 1 aromatic carbocycles. The van der Waals surface area contributed by atoms with Crippen LogP contribution >= 0.6 is 0 Å². The molecule has 0 saturated carbocycles. The topological polar surface area (TPSA) is 94.2 Å². The van der Waals surface area contributed by atoms with E-state index in [0.717, 1.165) is 5.56 Å². The van der Waals surface area contributed by atoms with Gasteiger partial charge in [-0.25, -0.2) is 9.59 Å². The number of rotatable bonds is 8. The van der Waals surface area contributed by atoms with Crippen LogP contribution in [0, 0.1) is 0 Å². The number of esters is 2. The van der Waals surface area contributed by atoms with Crippen LogP contribution < -0.4 is 5.32 Å². The van der Waals surface area contributed by atoms with Gasteiger partial charge >= 0.3 is 11.9 Å². The summed E-state index contributed by atoms with van der Waals surface area (Å²) in [5, 5.41) is 2.61. The SMILES string of the molecule is COC(=O)C=CC(OC(=O)C(Cc1ccccc1)NC(C)=O)C1(C)CO1. The van der Waals surface area contributed by atoms with E-state index in [1.165, 1.54) is 26.2 Å². The first kappa shape index (κ1) is 19.7. The summed E-state index contributed by atoms with van der Waals surface area (Å²) in [6.07, 6.45) is 2.16. The smallest absolute Gasteiger partial charge is 0.330 e. The van der Waals surface area contributed by atoms with Crippen molar-refractivity contribution in [2.75, 3.05) is 13.7 Å². The monoisotopic (exact) mass is 361 g/mol. The van der Waals surface area contributed by atoms with Crippen molar-refractivity contribution in [2.45, 2.75) is 38.0 Å². The van der Waals surface area contributed by atoms with Crippen molar-refractivity contribution in [2.24, 2.45) is 0 Å². The summed E-state index contributed by atoms with van der Waals surface area (Å²) in [6, 6.07) is 8.46. The molecule has 7 nitrogen and oxygen atoms in total. The molecule has 1 fully saturated rings. The summed E-state index contributed by atoms with van der Waals surface area (Å²) in [5.41, 5.74) is 0.201. The van der Waals surface area contributed by atoms with Gasteiger partial charge in [-0.15, -0.1) is 0 Å². The third-order valence-electron chi connectivity index (χ3n) is 4.00. The summed E-state index contributed by atoms with van der Waals surface area (Å²) >= 11 is 0. The highest BCUT2D eigenvalue weighted by Crippen LogP contribution is 2.33. The predicted molar refractivity (Wildman–Crippen MR) is 93.1 cm³/mol. The van der Waals surface area contributed by atoms with Crippen LogP contribution in [0.15, 0.2) is 42.5 Å². The summed E-state index contributed by atoms with van der Waals surface area (Å²) in [5.74, 6) is -1.49. The van der Waals surface area contributed by atoms with Gasteiger partial charge in [-0.05, 0) is 18.6 Å². The maximum absolute atomic E-state index is 12.6. The van der Waals surface area contributed by atoms with Crippen LogP contribution in [0.25, 0.3) is 0 Å². The minimum atomic E-state index is -0.841. The van der Waals surface area contributed by atoms with Crippen LogP contribution in [0.1, 0.15) is 19.4 Å². The van der Waals surface area contributed by atoms with Crippen molar-refractivity contribution >= 4 is 17.8 Å². The van der Waals surface area contributed by atoms with E-state index in [9.17, 15) is 14.4 Å². The molecule has 7 heteroatoms. The second-order valence-electron chi connectivity index (χ2n) is 6.28. The summed E-state index contributed by atoms with van der Waals surface area (Å²) in [4.78, 5) is 35.4. The van der Waals surface area contributed by atoms with E-state index in [1.807, 2.05) is 30.3 Å². The first-order valence-corrected chi connectivity index (χ1v) is 8.25. The highest BCUT2D eigenvalue weighted by Gasteiger charge is 2.49. The molecule has 2 rings (SSSR count). The van der Waals surface area contributed by atoms with Crippen molar-refractivity contribution in [3.8, 4) is 0 Å². The van der Waals surface area contributed by atoms with E-state index >= 15 is 0 Å². The Hall–Kier alpha value is -2.67. The van der Waals surface area contributed by atoms with Gasteiger partial charge in [0.1, 0.15) is 11.6 Å². The first-order valence-electron chi connectivity index (χ1n) is 8.25. The van der Waals surface area contributed by atoms with E-state index < -0.39 is 29.7 Å². The molecule has 0 aliphatic carbocycles. The normalized spacial score (nSPS) is 20.9. The zero-order chi connectivity index (χ0) is 19.2. The molecule has 140 valence electrons. The number of epoxide rings is 1. The molecule has 0 radical (unpaired) electrons. The highest BCUT2D eigenvalue weighted by molar-refractivity contribution is 5.84. The van der Waals surface area contributed by atoms with E-state index in [2.05, 4.69) is 10.1 Å². The maximum Gasteiger partial charge on any atom is 0.330 e. The fourth-order valence-corrected chi connectivity index (χ4v) is 2.38. The van der Waals surface area contributed by atoms with Crippen molar-refractivity contribution in [3.05, 3.63) is 48.0 Å². The lowest BCUT2D eigenvalue weighted by Gasteiger charge is -2.22. The van der Waals surface area contributed by atoms with Crippen molar-refractivity contribution < 1.29 is 28.6 Å². The minimum Gasteiger partial charge on any atom is -0.466 e. The maximum atomic E-state index is 12.6. The van der Waals surface area contributed by atoms with Crippen molar-refractivity contribution in [3.63, 3.8) is 0 Å². The van der Waals surface area contributed by atoms with Crippen LogP contribution in [0.4, 0.5) is 0 Å². The van der Waals surface area contributed by atoms with Crippen LogP contribution in [-0.2, 0) is 35.0 Å². The Balaban J connectivity index is 2.11. The summed E-state index contributed by atoms with van der Waals surface area (Å²) in [7, 11) is 1.26. The highest BCUT2D eigenvalue weighted by atomic mass is 16.6. The van der Waals surface area contributed by atoms with Gasteiger partial charge in [0.2, 0.25) is 5.91 Å². The fourth-order valence-electron chi connectivity index (χ4n) is 2.38. The average Bonchev–Trinajstić information content (AvgIpc) is 3.36. The van der Waals surface area contributed by atoms with Gasteiger partial charge in [0.25, 0.3) is 0 Å². The molecule has 1 aliphatic rings. The number of benzene rings is 1. The Morgan fingerprint density at radius 1 is 1.31 bits per heavy atom. The van der Waals surface area contributed by atoms with E-state index in [-0.39, 0.29) is 5.91 Å². The van der Waals surface area contributed by atoms with Gasteiger partial charge in [-0.3, -0.25) is 4.79 Å². The van der Waals surface area contributed by atoms with Gasteiger partial charge in [0, 0.05) is 19.4 Å². The van der Waals surface area contributed by atoms with E-state index in [4.69, 9.17) is 9.47 Å². The number of carbonyl (C=O) groups excluding carboxylic acids is 3. The molecular weight excluding hydrogens is 338 g/mol. The Morgan fingerprint density at radius 2 is 1.96 bits per heavy atom. The molecule has 3 unspecified atom stereocenters. The van der Waals surface area contributed by atoms with Crippen LogP contribution in [0.3, 0.4) is 0 Å². The summed E-state index contributed by atoms with van der Waals surface area (Å²) < 4.78 is 15.4. The average molecular weight is 361 g/mol. The Morgan fingerprint density at radius 3 is 2.50 bits per heavy atom. The Kier molecular flexibility index (Phi) is 6.52. The molecule has 1 amide bonds. The van der Waals surface area contributed by atoms with Gasteiger partial charge in [0.15, 0.2) is 6.10 Å². The quantitative estimate of drug-likeness (QED) is 0.424. The van der Waals surface area contributed by atoms with Crippen LogP contribution in [0.5, 0.6) is 0 Å². The third-order valence-corrected chi connectivity index (χ3v) is 4.00. The van der Waals surface area contributed by atoms with Crippen molar-refractivity contribution in [1.82, 2.24) is 5.32 Å². The first-order chi connectivity index (χ1) is 12.3. The molecule has 26 heavy (non-hydrogen) atoms. The lowest BCUT2D eigenvalue weighted by Crippen LogP contribution is -2.45. The molecule has 0 bridgehead atoms. The number of amides is 1. The lowest BCUT2D eigenvalue weighted by molar-refractivity contribution is -0.153. The zero-order valence-corrected chi connectivity index (χ0v) is 15.1. The predicted octanol–water partition coefficient (Wildman–Crippen LogP) is 1.16. The molecule has 1 aliphatic heterocycles. The van der Waals surface area contributed by atoms with Gasteiger partial charge in [0.05, 0.1) is 13.7 Å². The molecule has 0 aromatic heterocycles. The number of nitrogens with one attached hydrogen (secondary N) is 1. The molecule has 0 spiro atoms. The largest absolute Gasteiger partial charge is 0.466 e. The number of ether oxygens (including phenoxy) is 3. The molecular formula is C19H23NO6. The minimum absolute atomic E-state index is 0.296. The number of hydrogen-bond acceptors (Lipinski definition) is 6. The second-order valence-corrected chi connectivity index (χ2v) is 6.28. The van der Waals surface area contributed by atoms with Gasteiger partial charge < -0.3 is 19.5 Å². The zero-order valence-electron chi connectivity index (χ0n) is 15.1. The second kappa shape index (κ2) is 8.62. The number of hydrogen-bond donors (Lipinski definition) is 1. The van der Waals surface area contributed by atoms with Gasteiger partial charge in [-0.1, -0.05) is 30.3 Å². The van der Waals surface area contributed by atoms with Crippen LogP contribution in [-0.4, -0.2) is 49.3 Å². The molecule has 1 N–H and O–H groups in total. The standard InChI is InChI=1S/C19H23NO6/c1-13(21)20-15(11-14-7-5-4-6-8-14)18(23)26-16(19(2)12-25-19)9-10-17(22)24-3/h4-10,15-16H,11-12H2,1-3H3,(H,20,21). The summed E-state index contributed by atoms with van der Waals surface area (Å²) in [6.45, 7) is 3.52. The van der Waals surface area contributed by atoms with E-state index in [1.54, 1.807) is 6.92 Å². The molecule has 1 saturated heterocycles. The third kappa shape index (κ3) is 5.70. The van der Waals surface area contributed by atoms with E-state index in [0.29, 0.717) is 13.0 Å². The molecule has 1 aromatic rings. The number of methoxy groups -OCH3 is 1. The Labute approximate surface area is 152 Å².